The average molecular weight is 249 g/mol. The Morgan fingerprint density at radius 1 is 1.39 bits per heavy atom. The standard InChI is InChI=1S/C15H23NO2/c1-3-18-15(7-9-17-10-8-15)14(16)13-6-4-5-12(2)11-13/h4-6,11,14H,3,7-10,16H2,1-2H3. The molecule has 0 aromatic heterocycles. The molecule has 0 aliphatic carbocycles. The zero-order valence-electron chi connectivity index (χ0n) is 11.3. The highest BCUT2D eigenvalue weighted by Gasteiger charge is 2.40. The van der Waals surface area contributed by atoms with Crippen molar-refractivity contribution in [3.05, 3.63) is 35.4 Å². The largest absolute Gasteiger partial charge is 0.381 e. The molecular formula is C15H23NO2. The van der Waals surface area contributed by atoms with Crippen LogP contribution in [0.3, 0.4) is 0 Å². The molecule has 1 fully saturated rings. The summed E-state index contributed by atoms with van der Waals surface area (Å²) in [5.41, 5.74) is 8.61. The number of ether oxygens (including phenoxy) is 2. The summed E-state index contributed by atoms with van der Waals surface area (Å²) in [5.74, 6) is 0. The van der Waals surface area contributed by atoms with E-state index in [1.807, 2.05) is 6.92 Å². The van der Waals surface area contributed by atoms with Gasteiger partial charge in [-0.15, -0.1) is 0 Å². The second kappa shape index (κ2) is 5.83. The van der Waals surface area contributed by atoms with Gasteiger partial charge in [-0.1, -0.05) is 29.8 Å². The van der Waals surface area contributed by atoms with Crippen molar-refractivity contribution in [3.63, 3.8) is 0 Å². The summed E-state index contributed by atoms with van der Waals surface area (Å²) < 4.78 is 11.5. The Bertz CT molecular complexity index is 380. The zero-order chi connectivity index (χ0) is 13.0. The maximum atomic E-state index is 6.48. The molecule has 18 heavy (non-hydrogen) atoms. The van der Waals surface area contributed by atoms with Crippen LogP contribution in [0.1, 0.15) is 36.9 Å². The van der Waals surface area contributed by atoms with E-state index >= 15 is 0 Å². The lowest BCUT2D eigenvalue weighted by Gasteiger charge is -2.41. The Labute approximate surface area is 109 Å². The van der Waals surface area contributed by atoms with Crippen molar-refractivity contribution in [2.75, 3.05) is 19.8 Å². The predicted molar refractivity (Wildman–Crippen MR) is 72.5 cm³/mol. The van der Waals surface area contributed by atoms with E-state index in [4.69, 9.17) is 15.2 Å². The quantitative estimate of drug-likeness (QED) is 0.892. The first-order valence-electron chi connectivity index (χ1n) is 6.72. The average Bonchev–Trinajstić information content (AvgIpc) is 2.39. The van der Waals surface area contributed by atoms with Crippen LogP contribution in [0.2, 0.25) is 0 Å². The number of benzene rings is 1. The molecule has 1 atom stereocenters. The third-order valence-corrected chi connectivity index (χ3v) is 3.74. The second-order valence-electron chi connectivity index (χ2n) is 5.00. The van der Waals surface area contributed by atoms with E-state index in [0.717, 1.165) is 31.6 Å². The first kappa shape index (κ1) is 13.5. The van der Waals surface area contributed by atoms with Gasteiger partial charge in [-0.2, -0.15) is 0 Å². The molecule has 1 unspecified atom stereocenters. The van der Waals surface area contributed by atoms with Crippen LogP contribution in [0.5, 0.6) is 0 Å². The highest BCUT2D eigenvalue weighted by Crippen LogP contribution is 2.36. The Morgan fingerprint density at radius 3 is 2.72 bits per heavy atom. The van der Waals surface area contributed by atoms with Gasteiger partial charge in [0.05, 0.1) is 11.6 Å². The van der Waals surface area contributed by atoms with Crippen molar-refractivity contribution >= 4 is 0 Å². The van der Waals surface area contributed by atoms with E-state index in [2.05, 4.69) is 31.2 Å². The molecule has 2 N–H and O–H groups in total. The van der Waals surface area contributed by atoms with Gasteiger partial charge >= 0.3 is 0 Å². The van der Waals surface area contributed by atoms with Gasteiger partial charge in [0.15, 0.2) is 0 Å². The summed E-state index contributed by atoms with van der Waals surface area (Å²) >= 11 is 0. The van der Waals surface area contributed by atoms with E-state index in [9.17, 15) is 0 Å². The minimum Gasteiger partial charge on any atom is -0.381 e. The highest BCUT2D eigenvalue weighted by atomic mass is 16.5. The fourth-order valence-electron chi connectivity index (χ4n) is 2.72. The van der Waals surface area contributed by atoms with Crippen LogP contribution in [0.15, 0.2) is 24.3 Å². The molecule has 0 radical (unpaired) electrons. The lowest BCUT2D eigenvalue weighted by Crippen LogP contribution is -2.48. The van der Waals surface area contributed by atoms with Crippen LogP contribution in [0.4, 0.5) is 0 Å². The third kappa shape index (κ3) is 2.74. The van der Waals surface area contributed by atoms with Gasteiger partial charge in [-0.05, 0) is 19.4 Å². The van der Waals surface area contributed by atoms with E-state index in [0.29, 0.717) is 6.61 Å². The normalized spacial score (nSPS) is 20.6. The molecule has 3 heteroatoms. The van der Waals surface area contributed by atoms with Crippen molar-refractivity contribution in [3.8, 4) is 0 Å². The zero-order valence-corrected chi connectivity index (χ0v) is 11.3. The lowest BCUT2D eigenvalue weighted by molar-refractivity contribution is -0.121. The summed E-state index contributed by atoms with van der Waals surface area (Å²) in [7, 11) is 0. The van der Waals surface area contributed by atoms with E-state index in [1.54, 1.807) is 0 Å². The van der Waals surface area contributed by atoms with Crippen molar-refractivity contribution in [2.45, 2.75) is 38.3 Å². The Morgan fingerprint density at radius 2 is 2.11 bits per heavy atom. The molecule has 0 bridgehead atoms. The Kier molecular flexibility index (Phi) is 4.38. The Balaban J connectivity index is 2.24. The second-order valence-corrected chi connectivity index (χ2v) is 5.00. The number of hydrogen-bond donors (Lipinski definition) is 1. The van der Waals surface area contributed by atoms with Crippen LogP contribution < -0.4 is 5.73 Å². The molecule has 0 saturated carbocycles. The molecule has 1 aromatic carbocycles. The van der Waals surface area contributed by atoms with Gasteiger partial charge in [0.25, 0.3) is 0 Å². The number of nitrogens with two attached hydrogens (primary N) is 1. The Hall–Kier alpha value is -0.900. The summed E-state index contributed by atoms with van der Waals surface area (Å²) in [6, 6.07) is 8.31. The van der Waals surface area contributed by atoms with Crippen molar-refractivity contribution in [2.24, 2.45) is 5.73 Å². The number of aryl methyl sites for hydroxylation is 1. The van der Waals surface area contributed by atoms with E-state index in [1.165, 1.54) is 5.56 Å². The first-order chi connectivity index (χ1) is 8.68. The van der Waals surface area contributed by atoms with Crippen molar-refractivity contribution < 1.29 is 9.47 Å². The minimum absolute atomic E-state index is 0.0822. The van der Waals surface area contributed by atoms with Crippen molar-refractivity contribution in [1.29, 1.82) is 0 Å². The smallest absolute Gasteiger partial charge is 0.0917 e. The third-order valence-electron chi connectivity index (χ3n) is 3.74. The number of rotatable bonds is 4. The molecule has 1 aliphatic rings. The van der Waals surface area contributed by atoms with E-state index in [-0.39, 0.29) is 11.6 Å². The fraction of sp³-hybridized carbons (Fsp3) is 0.600. The van der Waals surface area contributed by atoms with Crippen molar-refractivity contribution in [1.82, 2.24) is 0 Å². The lowest BCUT2D eigenvalue weighted by atomic mass is 9.82. The van der Waals surface area contributed by atoms with Crippen LogP contribution in [-0.2, 0) is 9.47 Å². The van der Waals surface area contributed by atoms with Crippen LogP contribution in [0, 0.1) is 6.92 Å². The van der Waals surface area contributed by atoms with Gasteiger partial charge < -0.3 is 15.2 Å². The maximum absolute atomic E-state index is 6.48. The van der Waals surface area contributed by atoms with Gasteiger partial charge in [0, 0.05) is 32.7 Å². The molecule has 0 amide bonds. The summed E-state index contributed by atoms with van der Waals surface area (Å²) in [4.78, 5) is 0. The molecule has 2 rings (SSSR count). The molecule has 1 aliphatic heterocycles. The molecule has 1 aromatic rings. The predicted octanol–water partition coefficient (Wildman–Crippen LogP) is 2.58. The molecule has 1 saturated heterocycles. The van der Waals surface area contributed by atoms with Crippen LogP contribution in [-0.4, -0.2) is 25.4 Å². The molecule has 3 nitrogen and oxygen atoms in total. The van der Waals surface area contributed by atoms with Gasteiger partial charge in [0.2, 0.25) is 0 Å². The summed E-state index contributed by atoms with van der Waals surface area (Å²) in [5, 5.41) is 0. The summed E-state index contributed by atoms with van der Waals surface area (Å²) in [6.45, 7) is 6.28. The van der Waals surface area contributed by atoms with Crippen LogP contribution in [0.25, 0.3) is 0 Å². The summed E-state index contributed by atoms with van der Waals surface area (Å²) in [6.07, 6.45) is 1.74. The minimum atomic E-state index is -0.263. The molecule has 100 valence electrons. The molecular weight excluding hydrogens is 226 g/mol. The van der Waals surface area contributed by atoms with E-state index < -0.39 is 0 Å². The highest BCUT2D eigenvalue weighted by molar-refractivity contribution is 5.27. The van der Waals surface area contributed by atoms with Gasteiger partial charge in [-0.3, -0.25) is 0 Å². The molecule has 1 heterocycles. The van der Waals surface area contributed by atoms with Crippen LogP contribution >= 0.6 is 0 Å². The maximum Gasteiger partial charge on any atom is 0.0917 e. The fourth-order valence-corrected chi connectivity index (χ4v) is 2.72. The first-order valence-corrected chi connectivity index (χ1v) is 6.72. The van der Waals surface area contributed by atoms with Gasteiger partial charge in [-0.25, -0.2) is 0 Å². The number of hydrogen-bond acceptors (Lipinski definition) is 3. The molecule has 0 spiro atoms. The monoisotopic (exact) mass is 249 g/mol. The topological polar surface area (TPSA) is 44.5 Å². The SMILES string of the molecule is CCOC1(C(N)c2cccc(C)c2)CCOCC1. The van der Waals surface area contributed by atoms with Gasteiger partial charge in [0.1, 0.15) is 0 Å².